The molecule has 0 aliphatic carbocycles. The maximum absolute atomic E-state index is 12.2. The molecule has 2 amide bonds. The normalized spacial score (nSPS) is 20.4. The fourth-order valence-corrected chi connectivity index (χ4v) is 3.00. The fourth-order valence-electron chi connectivity index (χ4n) is 3.00. The van der Waals surface area contributed by atoms with Gasteiger partial charge in [0.1, 0.15) is 0 Å². The van der Waals surface area contributed by atoms with Crippen LogP contribution in [0.25, 0.3) is 0 Å². The summed E-state index contributed by atoms with van der Waals surface area (Å²) in [5, 5.41) is 6.43. The van der Waals surface area contributed by atoms with Crippen LogP contribution in [0.5, 0.6) is 0 Å². The molecule has 3 rings (SSSR count). The lowest BCUT2D eigenvalue weighted by Gasteiger charge is -2.32. The van der Waals surface area contributed by atoms with Gasteiger partial charge in [-0.3, -0.25) is 4.90 Å². The van der Waals surface area contributed by atoms with Crippen molar-refractivity contribution in [1.82, 2.24) is 10.6 Å². The summed E-state index contributed by atoms with van der Waals surface area (Å²) in [7, 11) is 1.35. The lowest BCUT2D eigenvalue weighted by Crippen LogP contribution is -2.51. The SMILES string of the molecule is COC(=O)c1ccc(N2CC3(CCNCC3)NC2=O)cc1. The Morgan fingerprint density at radius 2 is 1.90 bits per heavy atom. The van der Waals surface area contributed by atoms with Crippen molar-refractivity contribution in [2.75, 3.05) is 31.6 Å². The summed E-state index contributed by atoms with van der Waals surface area (Å²) in [5.74, 6) is -0.373. The molecule has 2 aliphatic rings. The van der Waals surface area contributed by atoms with Crippen molar-refractivity contribution in [2.45, 2.75) is 18.4 Å². The smallest absolute Gasteiger partial charge is 0.337 e. The molecule has 2 fully saturated rings. The molecule has 1 aromatic carbocycles. The fraction of sp³-hybridized carbons (Fsp3) is 0.467. The van der Waals surface area contributed by atoms with Gasteiger partial charge < -0.3 is 15.4 Å². The van der Waals surface area contributed by atoms with Gasteiger partial charge in [-0.2, -0.15) is 0 Å². The number of benzene rings is 1. The molecule has 6 heteroatoms. The molecule has 2 aliphatic heterocycles. The highest BCUT2D eigenvalue weighted by molar-refractivity contribution is 5.96. The second-order valence-corrected chi connectivity index (χ2v) is 5.59. The van der Waals surface area contributed by atoms with Crippen LogP contribution in [-0.2, 0) is 4.74 Å². The first-order chi connectivity index (χ1) is 10.1. The standard InChI is InChI=1S/C15H19N3O3/c1-21-13(19)11-2-4-12(5-3-11)18-10-15(17-14(18)20)6-8-16-9-7-15/h2-5,16H,6-10H2,1H3,(H,17,20). The molecule has 0 unspecified atom stereocenters. The third-order valence-corrected chi connectivity index (χ3v) is 4.24. The van der Waals surface area contributed by atoms with Crippen LogP contribution in [0, 0.1) is 0 Å². The molecule has 6 nitrogen and oxygen atoms in total. The van der Waals surface area contributed by atoms with E-state index in [1.165, 1.54) is 7.11 Å². The zero-order valence-electron chi connectivity index (χ0n) is 12.0. The average molecular weight is 289 g/mol. The van der Waals surface area contributed by atoms with Gasteiger partial charge in [-0.1, -0.05) is 0 Å². The zero-order chi connectivity index (χ0) is 14.9. The van der Waals surface area contributed by atoms with E-state index in [9.17, 15) is 9.59 Å². The van der Waals surface area contributed by atoms with Crippen LogP contribution in [0.15, 0.2) is 24.3 Å². The van der Waals surface area contributed by atoms with Gasteiger partial charge in [-0.05, 0) is 50.2 Å². The van der Waals surface area contributed by atoms with Crippen molar-refractivity contribution in [3.63, 3.8) is 0 Å². The van der Waals surface area contributed by atoms with Crippen LogP contribution in [0.2, 0.25) is 0 Å². The predicted octanol–water partition coefficient (Wildman–Crippen LogP) is 1.12. The largest absolute Gasteiger partial charge is 0.465 e. The first-order valence-electron chi connectivity index (χ1n) is 7.12. The Bertz CT molecular complexity index is 550. The monoisotopic (exact) mass is 289 g/mol. The molecule has 1 aromatic rings. The quantitative estimate of drug-likeness (QED) is 0.801. The number of anilines is 1. The summed E-state index contributed by atoms with van der Waals surface area (Å²) >= 11 is 0. The molecule has 112 valence electrons. The van der Waals surface area contributed by atoms with Gasteiger partial charge in [0.25, 0.3) is 0 Å². The molecule has 0 radical (unpaired) electrons. The maximum atomic E-state index is 12.2. The number of hydrogen-bond donors (Lipinski definition) is 2. The minimum absolute atomic E-state index is 0.0669. The van der Waals surface area contributed by atoms with Gasteiger partial charge in [-0.15, -0.1) is 0 Å². The van der Waals surface area contributed by atoms with Crippen molar-refractivity contribution in [3.8, 4) is 0 Å². The predicted molar refractivity (Wildman–Crippen MR) is 78.5 cm³/mol. The van der Waals surface area contributed by atoms with E-state index in [4.69, 9.17) is 0 Å². The zero-order valence-corrected chi connectivity index (χ0v) is 12.0. The number of urea groups is 1. The number of hydrogen-bond acceptors (Lipinski definition) is 4. The minimum Gasteiger partial charge on any atom is -0.465 e. The third-order valence-electron chi connectivity index (χ3n) is 4.24. The van der Waals surface area contributed by atoms with Gasteiger partial charge in [0.05, 0.1) is 24.8 Å². The van der Waals surface area contributed by atoms with E-state index in [1.54, 1.807) is 29.2 Å². The van der Waals surface area contributed by atoms with Gasteiger partial charge in [-0.25, -0.2) is 9.59 Å². The minimum atomic E-state index is -0.373. The average Bonchev–Trinajstić information content (AvgIpc) is 2.83. The molecule has 0 saturated carbocycles. The molecule has 1 spiro atoms. The number of amides is 2. The molecule has 2 N–H and O–H groups in total. The van der Waals surface area contributed by atoms with Gasteiger partial charge in [0, 0.05) is 5.69 Å². The van der Waals surface area contributed by atoms with E-state index in [0.29, 0.717) is 12.1 Å². The molecule has 21 heavy (non-hydrogen) atoms. The van der Waals surface area contributed by atoms with Crippen molar-refractivity contribution in [3.05, 3.63) is 29.8 Å². The van der Waals surface area contributed by atoms with Crippen LogP contribution in [0.3, 0.4) is 0 Å². The number of piperidine rings is 1. The number of ether oxygens (including phenoxy) is 1. The van der Waals surface area contributed by atoms with Crippen LogP contribution in [-0.4, -0.2) is 44.3 Å². The van der Waals surface area contributed by atoms with Crippen molar-refractivity contribution < 1.29 is 14.3 Å². The number of carbonyl (C=O) groups excluding carboxylic acids is 2. The van der Waals surface area contributed by atoms with Gasteiger partial charge in [0.15, 0.2) is 0 Å². The Kier molecular flexibility index (Phi) is 3.55. The summed E-state index contributed by atoms with van der Waals surface area (Å²) in [6.07, 6.45) is 1.88. The topological polar surface area (TPSA) is 70.7 Å². The van der Waals surface area contributed by atoms with Gasteiger partial charge in [0.2, 0.25) is 0 Å². The Balaban J connectivity index is 1.77. The van der Waals surface area contributed by atoms with Crippen molar-refractivity contribution in [2.24, 2.45) is 0 Å². The highest BCUT2D eigenvalue weighted by Gasteiger charge is 2.43. The Hall–Kier alpha value is -2.08. The number of rotatable bonds is 2. The van der Waals surface area contributed by atoms with Crippen LogP contribution in [0.1, 0.15) is 23.2 Å². The molecule has 0 aromatic heterocycles. The summed E-state index contributed by atoms with van der Waals surface area (Å²) in [6, 6.07) is 6.87. The molecular weight excluding hydrogens is 270 g/mol. The van der Waals surface area contributed by atoms with Crippen LogP contribution < -0.4 is 15.5 Å². The summed E-state index contributed by atoms with van der Waals surface area (Å²) < 4.78 is 4.67. The van der Waals surface area contributed by atoms with E-state index < -0.39 is 0 Å². The Labute approximate surface area is 123 Å². The lowest BCUT2D eigenvalue weighted by molar-refractivity contribution is 0.0600. The lowest BCUT2D eigenvalue weighted by atomic mass is 9.89. The summed E-state index contributed by atoms with van der Waals surface area (Å²) in [6.45, 7) is 2.52. The Morgan fingerprint density at radius 3 is 2.52 bits per heavy atom. The second-order valence-electron chi connectivity index (χ2n) is 5.59. The van der Waals surface area contributed by atoms with E-state index in [0.717, 1.165) is 31.6 Å². The van der Waals surface area contributed by atoms with E-state index in [1.807, 2.05) is 0 Å². The Morgan fingerprint density at radius 1 is 1.24 bits per heavy atom. The van der Waals surface area contributed by atoms with E-state index in [-0.39, 0.29) is 17.5 Å². The van der Waals surface area contributed by atoms with Crippen molar-refractivity contribution in [1.29, 1.82) is 0 Å². The maximum Gasteiger partial charge on any atom is 0.337 e. The first-order valence-corrected chi connectivity index (χ1v) is 7.12. The highest BCUT2D eigenvalue weighted by atomic mass is 16.5. The first kappa shape index (κ1) is 13.9. The molecule has 0 bridgehead atoms. The number of nitrogens with one attached hydrogen (secondary N) is 2. The highest BCUT2D eigenvalue weighted by Crippen LogP contribution is 2.29. The molecule has 2 saturated heterocycles. The van der Waals surface area contributed by atoms with E-state index >= 15 is 0 Å². The van der Waals surface area contributed by atoms with E-state index in [2.05, 4.69) is 15.4 Å². The van der Waals surface area contributed by atoms with Crippen molar-refractivity contribution >= 4 is 17.7 Å². The number of nitrogens with zero attached hydrogens (tertiary/aromatic N) is 1. The second kappa shape index (κ2) is 5.37. The number of carbonyl (C=O) groups is 2. The summed E-state index contributed by atoms with van der Waals surface area (Å²) in [4.78, 5) is 25.4. The van der Waals surface area contributed by atoms with Crippen LogP contribution >= 0.6 is 0 Å². The molecule has 0 atom stereocenters. The summed E-state index contributed by atoms with van der Waals surface area (Å²) in [5.41, 5.74) is 1.16. The third kappa shape index (κ3) is 2.58. The molecule has 2 heterocycles. The number of methoxy groups -OCH3 is 1. The van der Waals surface area contributed by atoms with Crippen LogP contribution in [0.4, 0.5) is 10.5 Å². The number of esters is 1. The molecular formula is C15H19N3O3. The van der Waals surface area contributed by atoms with Gasteiger partial charge >= 0.3 is 12.0 Å².